The van der Waals surface area contributed by atoms with Gasteiger partial charge in [-0.15, -0.1) is 5.10 Å². The van der Waals surface area contributed by atoms with Gasteiger partial charge in [0.1, 0.15) is 18.1 Å². The number of unbranched alkanes of at least 4 members (excludes halogenated alkanes) is 1. The average molecular weight is 824 g/mol. The van der Waals surface area contributed by atoms with Gasteiger partial charge in [-0.05, 0) is 71.4 Å². The third kappa shape index (κ3) is 10.4. The first-order valence-electron chi connectivity index (χ1n) is 21.0. The number of carbonyl (C=O) groups is 2. The average Bonchev–Trinajstić information content (AvgIpc) is 3.85. The van der Waals surface area contributed by atoms with E-state index in [-0.39, 0.29) is 29.6 Å². The fraction of sp³-hybridized carbons (Fsp3) is 0.700. The summed E-state index contributed by atoms with van der Waals surface area (Å²) in [7, 11) is 1.64. The van der Waals surface area contributed by atoms with Crippen LogP contribution in [0.5, 0.6) is 11.5 Å². The van der Waals surface area contributed by atoms with Gasteiger partial charge >= 0.3 is 6.03 Å². The van der Waals surface area contributed by atoms with Gasteiger partial charge in [0.2, 0.25) is 11.9 Å². The molecule has 4 aliphatic rings. The minimum atomic E-state index is -0.257. The minimum absolute atomic E-state index is 0.0329. The molecule has 1 aromatic carbocycles. The molecule has 3 amide bonds. The fourth-order valence-corrected chi connectivity index (χ4v) is 10.1. The molecule has 58 heavy (non-hydrogen) atoms. The normalized spacial score (nSPS) is 24.3. The van der Waals surface area contributed by atoms with E-state index in [4.69, 9.17) is 28.9 Å². The zero-order valence-electron chi connectivity index (χ0n) is 34.3. The molecule has 0 bridgehead atoms. The monoisotopic (exact) mass is 823 g/mol. The molecule has 2 aromatic heterocycles. The van der Waals surface area contributed by atoms with E-state index < -0.39 is 0 Å². The first kappa shape index (κ1) is 42.0. The molecule has 0 aliphatic carbocycles. The predicted molar refractivity (Wildman–Crippen MR) is 224 cm³/mol. The van der Waals surface area contributed by atoms with E-state index in [9.17, 15) is 9.59 Å². The second-order valence-corrected chi connectivity index (χ2v) is 17.3. The van der Waals surface area contributed by atoms with Crippen LogP contribution in [-0.2, 0) is 27.4 Å². The molecule has 0 saturated carbocycles. The number of benzene rings is 1. The molecule has 4 fully saturated rings. The quantitative estimate of drug-likeness (QED) is 0.0774. The van der Waals surface area contributed by atoms with Gasteiger partial charge in [0.25, 0.3) is 0 Å². The lowest BCUT2D eigenvalue weighted by molar-refractivity contribution is -0.121. The second-order valence-electron chi connectivity index (χ2n) is 16.1. The lowest BCUT2D eigenvalue weighted by Crippen LogP contribution is -2.58. The van der Waals surface area contributed by atoms with Gasteiger partial charge in [-0.25, -0.2) is 14.5 Å². The first-order chi connectivity index (χ1) is 28.2. The Bertz CT molecular complexity index is 1840. The zero-order chi connectivity index (χ0) is 40.4. The predicted octanol–water partition coefficient (Wildman–Crippen LogP) is 3.62. The van der Waals surface area contributed by atoms with E-state index in [1.165, 1.54) is 6.42 Å². The number of rotatable bonds is 21. The van der Waals surface area contributed by atoms with Gasteiger partial charge in [0.15, 0.2) is 11.5 Å². The summed E-state index contributed by atoms with van der Waals surface area (Å²) in [4.78, 5) is 36.6. The number of piperidine rings is 2. The van der Waals surface area contributed by atoms with Crippen molar-refractivity contribution >= 4 is 46.4 Å². The van der Waals surface area contributed by atoms with Crippen LogP contribution in [0.25, 0.3) is 10.9 Å². The van der Waals surface area contributed by atoms with E-state index in [0.29, 0.717) is 74.4 Å². The summed E-state index contributed by atoms with van der Waals surface area (Å²) in [6.07, 6.45) is 10.8. The Morgan fingerprint density at radius 2 is 1.86 bits per heavy atom. The maximum Gasteiger partial charge on any atom is 0.315 e. The van der Waals surface area contributed by atoms with Crippen LogP contribution in [0.1, 0.15) is 77.3 Å². The smallest absolute Gasteiger partial charge is 0.315 e. The standard InChI is InChI=1S/C40H61N11O6S/c1-39-27-58-34(40(39,2)47-38(53)46-39)11-5-6-12-35(52)42-14-18-55-20-21-56-19-17-51-25-29(48-49-51)26-57-33-23-31-30(22-32(33)54-3)36(43-28-10-9-13-41-24-28)45-37(44-31)50-15-7-4-8-16-50/h22-23,25,28,34,41H,4-21,24,26-27H2,1-3H3,(H,42,52)(H,43,44,45)(H2,46,47,53)/t28-,34+,39+,40-/m1/s1. The largest absolute Gasteiger partial charge is 0.493 e. The van der Waals surface area contributed by atoms with Gasteiger partial charge in [-0.1, -0.05) is 11.6 Å². The number of nitrogens with zero attached hydrogens (tertiary/aromatic N) is 6. The highest BCUT2D eigenvalue weighted by Crippen LogP contribution is 2.47. The van der Waals surface area contributed by atoms with Crippen molar-refractivity contribution in [3.8, 4) is 11.5 Å². The maximum absolute atomic E-state index is 12.3. The van der Waals surface area contributed by atoms with E-state index in [0.717, 1.165) is 99.5 Å². The first-order valence-corrected chi connectivity index (χ1v) is 22.1. The van der Waals surface area contributed by atoms with Crippen LogP contribution in [0, 0.1) is 0 Å². The fourth-order valence-electron chi connectivity index (χ4n) is 8.24. The van der Waals surface area contributed by atoms with Crippen molar-refractivity contribution in [2.75, 3.05) is 82.2 Å². The van der Waals surface area contributed by atoms with Crippen LogP contribution in [0.15, 0.2) is 18.3 Å². The number of thioether (sulfide) groups is 1. The third-order valence-corrected chi connectivity index (χ3v) is 13.7. The molecule has 7 rings (SSSR count). The molecule has 6 heterocycles. The third-order valence-electron chi connectivity index (χ3n) is 11.9. The number of anilines is 2. The number of carbonyl (C=O) groups excluding carboxylic acids is 2. The number of hydrogen-bond donors (Lipinski definition) is 5. The van der Waals surface area contributed by atoms with Gasteiger partial charge in [0.05, 0.1) is 62.9 Å². The van der Waals surface area contributed by atoms with Crippen molar-refractivity contribution in [1.82, 2.24) is 46.2 Å². The molecule has 5 N–H and O–H groups in total. The Labute approximate surface area is 345 Å². The Hall–Kier alpha value is -4.13. The summed E-state index contributed by atoms with van der Waals surface area (Å²) in [5.41, 5.74) is 1.01. The van der Waals surface area contributed by atoms with Crippen LogP contribution in [0.4, 0.5) is 16.6 Å². The number of nitrogens with one attached hydrogen (secondary N) is 5. The summed E-state index contributed by atoms with van der Waals surface area (Å²) < 4.78 is 25.1. The Morgan fingerprint density at radius 1 is 1.02 bits per heavy atom. The number of amides is 3. The molecule has 4 saturated heterocycles. The number of urea groups is 1. The van der Waals surface area contributed by atoms with Gasteiger partial charge in [-0.3, -0.25) is 4.79 Å². The number of methoxy groups -OCH3 is 1. The molecule has 0 unspecified atom stereocenters. The highest BCUT2D eigenvalue weighted by atomic mass is 32.2. The van der Waals surface area contributed by atoms with Crippen molar-refractivity contribution in [1.29, 1.82) is 0 Å². The number of fused-ring (bicyclic) bond motifs is 2. The van der Waals surface area contributed by atoms with Crippen molar-refractivity contribution in [3.05, 3.63) is 24.0 Å². The summed E-state index contributed by atoms with van der Waals surface area (Å²) in [5, 5.41) is 26.1. The molecule has 318 valence electrons. The SMILES string of the molecule is COc1cc2c(N[C@@H]3CCCNC3)nc(N3CCCCC3)nc2cc1OCc1cn(CCOCCOCCNC(=O)CCCC[C@@H]2SC[C@]3(C)NC(=O)N[C@]23C)nn1. The summed E-state index contributed by atoms with van der Waals surface area (Å²) in [6.45, 7) is 11.1. The van der Waals surface area contributed by atoms with E-state index in [1.807, 2.05) is 30.1 Å². The maximum atomic E-state index is 12.3. The van der Waals surface area contributed by atoms with Crippen molar-refractivity contribution in [2.24, 2.45) is 0 Å². The Kier molecular flexibility index (Phi) is 14.3. The summed E-state index contributed by atoms with van der Waals surface area (Å²) >= 11 is 1.90. The van der Waals surface area contributed by atoms with Gasteiger partial charge < -0.3 is 50.4 Å². The van der Waals surface area contributed by atoms with Crippen molar-refractivity contribution < 1.29 is 28.5 Å². The zero-order valence-corrected chi connectivity index (χ0v) is 35.1. The lowest BCUT2D eigenvalue weighted by Gasteiger charge is -2.35. The molecule has 3 aromatic rings. The molecular formula is C40H61N11O6S. The minimum Gasteiger partial charge on any atom is -0.493 e. The van der Waals surface area contributed by atoms with Crippen LogP contribution < -0.4 is 41.0 Å². The molecule has 4 atom stereocenters. The lowest BCUT2D eigenvalue weighted by atomic mass is 9.79. The molecule has 0 spiro atoms. The van der Waals surface area contributed by atoms with E-state index in [2.05, 4.69) is 55.6 Å². The van der Waals surface area contributed by atoms with Gasteiger partial charge in [0, 0.05) is 61.1 Å². The molecule has 0 radical (unpaired) electrons. The number of aromatic nitrogens is 5. The summed E-state index contributed by atoms with van der Waals surface area (Å²) in [6, 6.07) is 4.11. The topological polar surface area (TPSA) is 191 Å². The highest BCUT2D eigenvalue weighted by molar-refractivity contribution is 8.00. The Balaban J connectivity index is 0.785. The van der Waals surface area contributed by atoms with Crippen LogP contribution >= 0.6 is 11.8 Å². The van der Waals surface area contributed by atoms with E-state index in [1.54, 1.807) is 11.8 Å². The number of hydrogen-bond acceptors (Lipinski definition) is 14. The van der Waals surface area contributed by atoms with Crippen LogP contribution in [0.2, 0.25) is 0 Å². The Morgan fingerprint density at radius 3 is 2.67 bits per heavy atom. The molecular weight excluding hydrogens is 763 g/mol. The van der Waals surface area contributed by atoms with E-state index >= 15 is 0 Å². The molecule has 17 nitrogen and oxygen atoms in total. The second kappa shape index (κ2) is 19.7. The molecule has 18 heteroatoms. The van der Waals surface area contributed by atoms with Gasteiger partial charge in [-0.2, -0.15) is 16.7 Å². The molecule has 4 aliphatic heterocycles. The van der Waals surface area contributed by atoms with Crippen molar-refractivity contribution in [2.45, 2.75) is 107 Å². The summed E-state index contributed by atoms with van der Waals surface area (Å²) in [5.74, 6) is 3.68. The van der Waals surface area contributed by atoms with Crippen molar-refractivity contribution in [3.63, 3.8) is 0 Å². The van der Waals surface area contributed by atoms with Crippen LogP contribution in [-0.4, -0.2) is 131 Å². The number of ether oxygens (including phenoxy) is 4. The van der Waals surface area contributed by atoms with Crippen LogP contribution in [0.3, 0.4) is 0 Å². The highest BCUT2D eigenvalue weighted by Gasteiger charge is 2.60.